The molecular formula is C13H10Cl2F6Zr-2. The molecule has 0 atom stereocenters. The summed E-state index contributed by atoms with van der Waals surface area (Å²) in [6, 6.07) is 0. The minimum atomic E-state index is -5.23. The normalized spacial score (nSPS) is 14.2. The first-order valence-corrected chi connectivity index (χ1v) is 6.55. The first-order chi connectivity index (χ1) is 9.15. The van der Waals surface area contributed by atoms with Gasteiger partial charge < -0.3 is 24.8 Å². The van der Waals surface area contributed by atoms with Crippen molar-refractivity contribution in [3.63, 3.8) is 0 Å². The first-order valence-electron chi connectivity index (χ1n) is 5.32. The van der Waals surface area contributed by atoms with Gasteiger partial charge in [-0.15, -0.1) is 12.8 Å². The van der Waals surface area contributed by atoms with E-state index in [1.54, 1.807) is 0 Å². The zero-order valence-corrected chi connectivity index (χ0v) is 14.9. The van der Waals surface area contributed by atoms with Crippen LogP contribution in [0.15, 0.2) is 36.5 Å². The molecule has 0 saturated carbocycles. The largest absolute Gasteiger partial charge is 1.00 e. The average molecular weight is 442 g/mol. The monoisotopic (exact) mass is 440 g/mol. The van der Waals surface area contributed by atoms with Gasteiger partial charge in [-0.25, -0.2) is 24.3 Å². The van der Waals surface area contributed by atoms with Crippen LogP contribution in [-0.4, -0.2) is 15.6 Å². The number of hydrogen-bond donors (Lipinski definition) is 0. The maximum Gasteiger partial charge on any atom is -0.109 e. The predicted molar refractivity (Wildman–Crippen MR) is 60.3 cm³/mol. The van der Waals surface area contributed by atoms with Crippen molar-refractivity contribution in [3.05, 3.63) is 48.6 Å². The summed E-state index contributed by atoms with van der Waals surface area (Å²) in [5, 5.41) is 0. The third-order valence-corrected chi connectivity index (χ3v) is 3.13. The van der Waals surface area contributed by atoms with Crippen LogP contribution in [0.4, 0.5) is 26.3 Å². The van der Waals surface area contributed by atoms with E-state index in [0.29, 0.717) is 0 Å². The summed E-state index contributed by atoms with van der Waals surface area (Å²) in [6.45, 7) is 0. The summed E-state index contributed by atoms with van der Waals surface area (Å²) in [7, 11) is 0. The van der Waals surface area contributed by atoms with E-state index in [4.69, 9.17) is 0 Å². The zero-order chi connectivity index (χ0) is 15.6. The van der Waals surface area contributed by atoms with Crippen LogP contribution in [0.5, 0.6) is 0 Å². The number of allylic oxidation sites excluding steroid dienone is 8. The summed E-state index contributed by atoms with van der Waals surface area (Å²) in [5.74, 6) is 0. The van der Waals surface area contributed by atoms with Crippen LogP contribution in [0.1, 0.15) is 12.8 Å². The van der Waals surface area contributed by atoms with Crippen LogP contribution in [-0.2, 0) is 24.2 Å². The molecule has 22 heavy (non-hydrogen) atoms. The molecule has 9 heteroatoms. The van der Waals surface area contributed by atoms with Crippen molar-refractivity contribution in [2.24, 2.45) is 0 Å². The van der Waals surface area contributed by atoms with Crippen LogP contribution < -0.4 is 24.8 Å². The Bertz CT molecular complexity index is 361. The Morgan fingerprint density at radius 1 is 0.773 bits per heavy atom. The van der Waals surface area contributed by atoms with Crippen LogP contribution in [0.25, 0.3) is 0 Å². The fourth-order valence-electron chi connectivity index (χ4n) is 0.841. The smallest absolute Gasteiger partial charge is 0.109 e. The van der Waals surface area contributed by atoms with Gasteiger partial charge in [-0.2, -0.15) is 12.2 Å². The molecule has 124 valence electrons. The van der Waals surface area contributed by atoms with Crippen LogP contribution in [0, 0.1) is 12.2 Å². The van der Waals surface area contributed by atoms with Crippen molar-refractivity contribution in [1.82, 2.24) is 0 Å². The fraction of sp³-hybridized carbons (Fsp3) is 0.308. The summed E-state index contributed by atoms with van der Waals surface area (Å²) < 4.78 is 64.9. The van der Waals surface area contributed by atoms with Gasteiger partial charge in [0.15, 0.2) is 0 Å². The number of hydrogen-bond acceptors (Lipinski definition) is 0. The molecule has 0 aromatic carbocycles. The van der Waals surface area contributed by atoms with Crippen LogP contribution in [0.3, 0.4) is 0 Å². The summed E-state index contributed by atoms with van der Waals surface area (Å²) >= 11 is -0.665. The molecule has 0 nitrogen and oxygen atoms in total. The van der Waals surface area contributed by atoms with Gasteiger partial charge in [0.1, 0.15) is 0 Å². The van der Waals surface area contributed by atoms with Crippen molar-refractivity contribution >= 4 is 3.21 Å². The van der Waals surface area contributed by atoms with Crippen LogP contribution >= 0.6 is 0 Å². The van der Waals surface area contributed by atoms with E-state index in [2.05, 4.69) is 24.3 Å². The Labute approximate surface area is 152 Å². The van der Waals surface area contributed by atoms with E-state index < -0.39 is 39.8 Å². The molecule has 0 radical (unpaired) electrons. The Balaban J connectivity index is -0.000000254. The maximum atomic E-state index is 11.2. The molecule has 2 aliphatic rings. The van der Waals surface area contributed by atoms with Crippen molar-refractivity contribution in [1.29, 1.82) is 0 Å². The molecule has 0 aromatic heterocycles. The molecule has 2 aliphatic carbocycles. The SMILES string of the molecule is FC(F)(F)[C](=[Zr+2])C(F)(F)F.[C-]1=CC=CC1.[C-]1=CC=CC1.[Cl-].[Cl-]. The Morgan fingerprint density at radius 3 is 1.14 bits per heavy atom. The molecule has 0 spiro atoms. The fourth-order valence-corrected chi connectivity index (χ4v) is 0.841. The van der Waals surface area contributed by atoms with Gasteiger partial charge in [-0.1, -0.05) is 0 Å². The third kappa shape index (κ3) is 14.8. The van der Waals surface area contributed by atoms with Crippen molar-refractivity contribution in [3.8, 4) is 0 Å². The standard InChI is InChI=1S/2C5H5.C3F6.2ClH.Zr/c2*1-2-4-5-3-1;4-2(5,6)1-3(7,8)9;;;/h2*1-3H,4H2;;2*1H;/q2*-1;;;;+2/p-2. The molecule has 2 rings (SSSR count). The van der Waals surface area contributed by atoms with E-state index in [1.807, 2.05) is 24.3 Å². The van der Waals surface area contributed by atoms with Gasteiger partial charge in [-0.3, -0.25) is 12.2 Å². The van der Waals surface area contributed by atoms with Crippen molar-refractivity contribution in [2.45, 2.75) is 25.2 Å². The van der Waals surface area contributed by atoms with E-state index in [1.165, 1.54) is 0 Å². The minimum Gasteiger partial charge on any atom is -1.00 e. The average Bonchev–Trinajstić information content (AvgIpc) is 3.04. The van der Waals surface area contributed by atoms with Gasteiger partial charge in [-0.05, 0) is 0 Å². The molecule has 0 aliphatic heterocycles. The molecule has 0 fully saturated rings. The molecule has 0 aromatic rings. The van der Waals surface area contributed by atoms with Crippen LogP contribution in [0.2, 0.25) is 0 Å². The Morgan fingerprint density at radius 2 is 1.09 bits per heavy atom. The molecule has 0 unspecified atom stereocenters. The van der Waals surface area contributed by atoms with E-state index in [0.717, 1.165) is 12.8 Å². The number of halogens is 8. The maximum absolute atomic E-state index is 11.2. The number of rotatable bonds is 0. The molecular weight excluding hydrogens is 432 g/mol. The second kappa shape index (κ2) is 13.3. The van der Waals surface area contributed by atoms with Gasteiger partial charge in [0.2, 0.25) is 0 Å². The second-order valence-electron chi connectivity index (χ2n) is 3.38. The molecule has 0 heterocycles. The molecule has 0 bridgehead atoms. The van der Waals surface area contributed by atoms with Gasteiger partial charge in [0, 0.05) is 0 Å². The molecule has 0 amide bonds. The number of alkyl halides is 6. The van der Waals surface area contributed by atoms with Gasteiger partial charge >= 0.3 is 66.1 Å². The third-order valence-electron chi connectivity index (χ3n) is 1.74. The zero-order valence-electron chi connectivity index (χ0n) is 10.9. The van der Waals surface area contributed by atoms with Crippen molar-refractivity contribution in [2.75, 3.05) is 0 Å². The summed E-state index contributed by atoms with van der Waals surface area (Å²) in [6.07, 6.45) is 9.55. The summed E-state index contributed by atoms with van der Waals surface area (Å²) in [5.41, 5.74) is 0. The summed E-state index contributed by atoms with van der Waals surface area (Å²) in [4.78, 5) is 0. The van der Waals surface area contributed by atoms with Gasteiger partial charge in [0.25, 0.3) is 0 Å². The Kier molecular flexibility index (Phi) is 16.2. The topological polar surface area (TPSA) is 0 Å². The van der Waals surface area contributed by atoms with E-state index in [-0.39, 0.29) is 24.8 Å². The van der Waals surface area contributed by atoms with Gasteiger partial charge in [0.05, 0.1) is 0 Å². The quantitative estimate of drug-likeness (QED) is 0.315. The van der Waals surface area contributed by atoms with Crippen molar-refractivity contribution < 1.29 is 75.4 Å². The Hall–Kier alpha value is -0.127. The molecule has 0 N–H and O–H groups in total. The first kappa shape index (κ1) is 26.8. The minimum absolute atomic E-state index is 0. The van der Waals surface area contributed by atoms with E-state index >= 15 is 0 Å². The predicted octanol–water partition coefficient (Wildman–Crippen LogP) is -1.55. The van der Waals surface area contributed by atoms with E-state index in [9.17, 15) is 26.3 Å². The second-order valence-corrected chi connectivity index (χ2v) is 4.61. The molecule has 0 saturated heterocycles.